The fourth-order valence-corrected chi connectivity index (χ4v) is 5.78. The Kier molecular flexibility index (Phi) is 7.09. The minimum atomic E-state index is 0.590. The lowest BCUT2D eigenvalue weighted by Crippen LogP contribution is -2.00. The molecule has 46 heavy (non-hydrogen) atoms. The second kappa shape index (κ2) is 12.0. The van der Waals surface area contributed by atoms with Gasteiger partial charge in [0.2, 0.25) is 0 Å². The van der Waals surface area contributed by atoms with E-state index in [1.54, 1.807) is 18.6 Å². The summed E-state index contributed by atoms with van der Waals surface area (Å²) in [5.74, 6) is 1.83. The molecule has 6 aromatic carbocycles. The van der Waals surface area contributed by atoms with Crippen molar-refractivity contribution in [2.24, 2.45) is 0 Å². The first-order valence-corrected chi connectivity index (χ1v) is 15.2. The summed E-state index contributed by atoms with van der Waals surface area (Å²) in [4.78, 5) is 23.8. The summed E-state index contributed by atoms with van der Waals surface area (Å²) in [6.07, 6.45) is 5.18. The van der Waals surface area contributed by atoms with Gasteiger partial charge < -0.3 is 0 Å². The minimum absolute atomic E-state index is 0.590. The molecule has 0 aliphatic carbocycles. The number of fused-ring (bicyclic) bond motifs is 1. The van der Waals surface area contributed by atoms with Gasteiger partial charge in [-0.1, -0.05) is 127 Å². The average Bonchev–Trinajstić information content (AvgIpc) is 3.15. The van der Waals surface area contributed by atoms with Crippen molar-refractivity contribution >= 4 is 10.8 Å². The Morgan fingerprint density at radius 1 is 0.370 bits per heavy atom. The molecule has 0 aliphatic heterocycles. The molecule has 8 aromatic rings. The Morgan fingerprint density at radius 2 is 0.935 bits per heavy atom. The first-order chi connectivity index (χ1) is 22.8. The second-order valence-corrected chi connectivity index (χ2v) is 11.0. The van der Waals surface area contributed by atoms with E-state index in [1.807, 2.05) is 60.7 Å². The van der Waals surface area contributed by atoms with E-state index >= 15 is 0 Å². The van der Waals surface area contributed by atoms with Crippen LogP contribution in [0.25, 0.3) is 78.4 Å². The minimum Gasteiger partial charge on any atom is -0.261 e. The van der Waals surface area contributed by atoms with Gasteiger partial charge in [-0.25, -0.2) is 15.0 Å². The molecule has 0 radical (unpaired) electrons. The average molecular weight is 590 g/mol. The number of aromatic nitrogens is 5. The van der Waals surface area contributed by atoms with Crippen molar-refractivity contribution in [1.29, 1.82) is 0 Å². The molecule has 0 unspecified atom stereocenters. The fourth-order valence-electron chi connectivity index (χ4n) is 5.78. The van der Waals surface area contributed by atoms with Crippen molar-refractivity contribution in [3.63, 3.8) is 0 Å². The molecule has 0 saturated carbocycles. The third-order valence-electron chi connectivity index (χ3n) is 8.07. The molecular formula is C41H27N5. The maximum absolute atomic E-state index is 4.99. The predicted molar refractivity (Wildman–Crippen MR) is 186 cm³/mol. The highest BCUT2D eigenvalue weighted by molar-refractivity contribution is 5.97. The standard InChI is InChI=1S/C41H27N5/c1-3-11-31(12-4-1)39-44-40(32-13-5-2-6-14-32)46-41(45-39)35-25-33(24-34(26-35)38-27-42-22-23-43-38)28-18-20-30(21-19-28)37-17-9-15-29-10-7-8-16-36(29)37/h1-27H. The van der Waals surface area contributed by atoms with E-state index in [0.29, 0.717) is 17.5 Å². The molecule has 2 aromatic heterocycles. The molecule has 0 bridgehead atoms. The van der Waals surface area contributed by atoms with Crippen molar-refractivity contribution in [2.75, 3.05) is 0 Å². The van der Waals surface area contributed by atoms with E-state index in [9.17, 15) is 0 Å². The molecule has 2 heterocycles. The molecule has 0 spiro atoms. The van der Waals surface area contributed by atoms with Gasteiger partial charge in [-0.15, -0.1) is 0 Å². The highest BCUT2D eigenvalue weighted by Crippen LogP contribution is 2.35. The van der Waals surface area contributed by atoms with Gasteiger partial charge in [-0.3, -0.25) is 9.97 Å². The highest BCUT2D eigenvalue weighted by atomic mass is 15.0. The molecule has 216 valence electrons. The van der Waals surface area contributed by atoms with Crippen LogP contribution in [-0.4, -0.2) is 24.9 Å². The molecule has 8 rings (SSSR count). The number of rotatable bonds is 6. The topological polar surface area (TPSA) is 64.5 Å². The van der Waals surface area contributed by atoms with Gasteiger partial charge >= 0.3 is 0 Å². The lowest BCUT2D eigenvalue weighted by atomic mass is 9.94. The Hall–Kier alpha value is -6.33. The highest BCUT2D eigenvalue weighted by Gasteiger charge is 2.15. The summed E-state index contributed by atoms with van der Waals surface area (Å²) in [6, 6.07) is 50.1. The van der Waals surface area contributed by atoms with Crippen molar-refractivity contribution in [3.05, 3.63) is 164 Å². The molecule has 5 nitrogen and oxygen atoms in total. The van der Waals surface area contributed by atoms with Crippen molar-refractivity contribution in [1.82, 2.24) is 24.9 Å². The van der Waals surface area contributed by atoms with E-state index in [2.05, 4.69) is 94.9 Å². The summed E-state index contributed by atoms with van der Waals surface area (Å²) in [6.45, 7) is 0. The lowest BCUT2D eigenvalue weighted by molar-refractivity contribution is 1.07. The molecular weight excluding hydrogens is 562 g/mol. The number of nitrogens with zero attached hydrogens (tertiary/aromatic N) is 5. The second-order valence-electron chi connectivity index (χ2n) is 11.0. The Morgan fingerprint density at radius 3 is 1.61 bits per heavy atom. The van der Waals surface area contributed by atoms with Crippen LogP contribution in [-0.2, 0) is 0 Å². The Labute approximate surface area is 267 Å². The van der Waals surface area contributed by atoms with Gasteiger partial charge in [0.05, 0.1) is 11.9 Å². The predicted octanol–water partition coefficient (Wildman–Crippen LogP) is 9.82. The smallest absolute Gasteiger partial charge is 0.164 e. The largest absolute Gasteiger partial charge is 0.261 e. The number of hydrogen-bond acceptors (Lipinski definition) is 5. The van der Waals surface area contributed by atoms with Gasteiger partial charge in [0.1, 0.15) is 0 Å². The van der Waals surface area contributed by atoms with E-state index in [4.69, 9.17) is 15.0 Å². The molecule has 0 fully saturated rings. The van der Waals surface area contributed by atoms with Crippen molar-refractivity contribution < 1.29 is 0 Å². The van der Waals surface area contributed by atoms with Crippen LogP contribution >= 0.6 is 0 Å². The van der Waals surface area contributed by atoms with Crippen LogP contribution in [0.4, 0.5) is 0 Å². The number of benzene rings is 6. The van der Waals surface area contributed by atoms with Gasteiger partial charge in [0, 0.05) is 34.6 Å². The van der Waals surface area contributed by atoms with Crippen molar-refractivity contribution in [3.8, 4) is 67.7 Å². The summed E-state index contributed by atoms with van der Waals surface area (Å²) < 4.78 is 0. The van der Waals surface area contributed by atoms with Gasteiger partial charge in [0.25, 0.3) is 0 Å². The zero-order chi connectivity index (χ0) is 30.7. The molecule has 0 saturated heterocycles. The zero-order valence-corrected chi connectivity index (χ0v) is 24.8. The normalized spacial score (nSPS) is 11.0. The van der Waals surface area contributed by atoms with Crippen LogP contribution in [0.1, 0.15) is 0 Å². The quantitative estimate of drug-likeness (QED) is 0.193. The van der Waals surface area contributed by atoms with E-state index in [1.165, 1.54) is 21.9 Å². The summed E-state index contributed by atoms with van der Waals surface area (Å²) in [5, 5.41) is 2.47. The van der Waals surface area contributed by atoms with Crippen LogP contribution in [0, 0.1) is 0 Å². The molecule has 0 atom stereocenters. The molecule has 0 N–H and O–H groups in total. The SMILES string of the molecule is c1ccc(-c2nc(-c3ccccc3)nc(-c3cc(-c4ccc(-c5cccc6ccccc56)cc4)cc(-c4cnccn4)c3)n2)cc1. The monoisotopic (exact) mass is 589 g/mol. The molecule has 5 heteroatoms. The van der Waals surface area contributed by atoms with Crippen molar-refractivity contribution in [2.45, 2.75) is 0 Å². The van der Waals surface area contributed by atoms with Crippen LogP contribution in [0.2, 0.25) is 0 Å². The maximum atomic E-state index is 4.99. The van der Waals surface area contributed by atoms with Crippen LogP contribution in [0.15, 0.2) is 164 Å². The summed E-state index contributed by atoms with van der Waals surface area (Å²) in [5.41, 5.74) is 8.93. The molecule has 0 aliphatic rings. The van der Waals surface area contributed by atoms with Crippen LogP contribution in [0.3, 0.4) is 0 Å². The number of hydrogen-bond donors (Lipinski definition) is 0. The van der Waals surface area contributed by atoms with Crippen LogP contribution in [0.5, 0.6) is 0 Å². The van der Waals surface area contributed by atoms with E-state index < -0.39 is 0 Å². The molecule has 0 amide bonds. The summed E-state index contributed by atoms with van der Waals surface area (Å²) in [7, 11) is 0. The van der Waals surface area contributed by atoms with E-state index in [-0.39, 0.29) is 0 Å². The first-order valence-electron chi connectivity index (χ1n) is 15.2. The fraction of sp³-hybridized carbons (Fsp3) is 0. The maximum Gasteiger partial charge on any atom is 0.164 e. The Bertz CT molecular complexity index is 2220. The first kappa shape index (κ1) is 27.2. The third-order valence-corrected chi connectivity index (χ3v) is 8.07. The summed E-state index contributed by atoms with van der Waals surface area (Å²) >= 11 is 0. The van der Waals surface area contributed by atoms with Crippen LogP contribution < -0.4 is 0 Å². The van der Waals surface area contributed by atoms with Gasteiger partial charge in [0.15, 0.2) is 17.5 Å². The van der Waals surface area contributed by atoms with Gasteiger partial charge in [-0.2, -0.15) is 0 Å². The van der Waals surface area contributed by atoms with Gasteiger partial charge in [-0.05, 0) is 51.2 Å². The lowest BCUT2D eigenvalue weighted by Gasteiger charge is -2.13. The zero-order valence-electron chi connectivity index (χ0n) is 24.8. The Balaban J connectivity index is 1.28. The van der Waals surface area contributed by atoms with E-state index in [0.717, 1.165) is 39.1 Å². The third kappa shape index (κ3) is 5.42.